The Kier molecular flexibility index (Phi) is 9.20. The van der Waals surface area contributed by atoms with Crippen LogP contribution in [0, 0.1) is 0 Å². The fraction of sp³-hybridized carbons (Fsp3) is 0.200. The second kappa shape index (κ2) is 13.2. The van der Waals surface area contributed by atoms with Crippen molar-refractivity contribution in [2.75, 3.05) is 6.61 Å². The summed E-state index contributed by atoms with van der Waals surface area (Å²) in [5.41, 5.74) is 0.672. The summed E-state index contributed by atoms with van der Waals surface area (Å²) in [6.07, 6.45) is -2.88. The van der Waals surface area contributed by atoms with Gasteiger partial charge in [-0.1, -0.05) is 60.7 Å². The molecule has 0 unspecified atom stereocenters. The van der Waals surface area contributed by atoms with E-state index in [-0.39, 0.29) is 23.3 Å². The van der Waals surface area contributed by atoms with Gasteiger partial charge in [-0.2, -0.15) is 0 Å². The summed E-state index contributed by atoms with van der Waals surface area (Å²) in [4.78, 5) is 51.3. The molecule has 9 heteroatoms. The molecule has 0 bridgehead atoms. The van der Waals surface area contributed by atoms with Crippen LogP contribution in [0.25, 0.3) is 0 Å². The number of carbonyl (C=O) groups excluding carboxylic acids is 4. The van der Waals surface area contributed by atoms with Crippen molar-refractivity contribution in [1.29, 1.82) is 0 Å². The molecule has 0 amide bonds. The molecule has 3 aromatic carbocycles. The topological polar surface area (TPSA) is 114 Å². The molecule has 1 saturated heterocycles. The zero-order valence-corrected chi connectivity index (χ0v) is 21.0. The minimum Gasteiger partial charge on any atom is -0.452 e. The average molecular weight is 531 g/mol. The minimum absolute atomic E-state index is 0.201. The monoisotopic (exact) mass is 530 g/mol. The normalized spacial score (nSPS) is 20.5. The van der Waals surface area contributed by atoms with Crippen molar-refractivity contribution in [3.05, 3.63) is 120 Å². The maximum atomic E-state index is 13.1. The number of allylic oxidation sites excluding steroid dienone is 1. The highest BCUT2D eigenvalue weighted by Crippen LogP contribution is 2.27. The summed E-state index contributed by atoms with van der Waals surface area (Å²) in [7, 11) is 0. The van der Waals surface area contributed by atoms with Crippen molar-refractivity contribution >= 4 is 23.9 Å². The molecular weight excluding hydrogens is 504 g/mol. The summed E-state index contributed by atoms with van der Waals surface area (Å²) < 4.78 is 28.2. The quantitative estimate of drug-likeness (QED) is 0.241. The van der Waals surface area contributed by atoms with Gasteiger partial charge in [-0.25, -0.2) is 19.2 Å². The SMILES string of the molecule is C/C=C/C(=O)O[C@H]1OC[C@@H](OC(=O)c2ccccc2)[C@H](OC(=O)c2ccccc2)[C@H]1OC(=O)c1ccccc1. The second-order valence-electron chi connectivity index (χ2n) is 8.42. The first kappa shape index (κ1) is 27.3. The molecule has 4 atom stereocenters. The Morgan fingerprint density at radius 3 is 1.54 bits per heavy atom. The summed E-state index contributed by atoms with van der Waals surface area (Å²) in [5.74, 6) is -3.02. The highest BCUT2D eigenvalue weighted by atomic mass is 16.7. The second-order valence-corrected chi connectivity index (χ2v) is 8.42. The average Bonchev–Trinajstić information content (AvgIpc) is 2.97. The van der Waals surface area contributed by atoms with Gasteiger partial charge < -0.3 is 23.7 Å². The third-order valence-electron chi connectivity index (χ3n) is 5.69. The lowest BCUT2D eigenvalue weighted by Gasteiger charge is -2.40. The first-order valence-corrected chi connectivity index (χ1v) is 12.2. The van der Waals surface area contributed by atoms with Gasteiger partial charge >= 0.3 is 23.9 Å². The maximum absolute atomic E-state index is 13.1. The van der Waals surface area contributed by atoms with E-state index in [0.717, 1.165) is 6.08 Å². The molecule has 0 aliphatic carbocycles. The molecule has 3 aromatic rings. The molecule has 0 radical (unpaired) electrons. The lowest BCUT2D eigenvalue weighted by molar-refractivity contribution is -0.259. The van der Waals surface area contributed by atoms with E-state index in [1.165, 1.54) is 18.2 Å². The molecule has 4 rings (SSSR count). The first-order chi connectivity index (χ1) is 19.0. The fourth-order valence-electron chi connectivity index (χ4n) is 3.81. The minimum atomic E-state index is -1.47. The van der Waals surface area contributed by atoms with E-state index in [1.807, 2.05) is 0 Å². The predicted octanol–water partition coefficient (Wildman–Crippen LogP) is 4.14. The fourth-order valence-corrected chi connectivity index (χ4v) is 3.81. The van der Waals surface area contributed by atoms with E-state index >= 15 is 0 Å². The summed E-state index contributed by atoms with van der Waals surface area (Å²) >= 11 is 0. The van der Waals surface area contributed by atoms with Crippen LogP contribution in [-0.2, 0) is 28.5 Å². The van der Waals surface area contributed by atoms with Gasteiger partial charge in [-0.3, -0.25) is 0 Å². The highest BCUT2D eigenvalue weighted by Gasteiger charge is 2.49. The van der Waals surface area contributed by atoms with Crippen LogP contribution >= 0.6 is 0 Å². The van der Waals surface area contributed by atoms with Crippen LogP contribution in [0.15, 0.2) is 103 Å². The van der Waals surface area contributed by atoms with Crippen LogP contribution in [-0.4, -0.2) is 55.1 Å². The molecule has 1 aliphatic heterocycles. The van der Waals surface area contributed by atoms with Gasteiger partial charge in [0, 0.05) is 6.08 Å². The van der Waals surface area contributed by atoms with Gasteiger partial charge in [0.05, 0.1) is 23.3 Å². The van der Waals surface area contributed by atoms with Gasteiger partial charge in [0.2, 0.25) is 12.4 Å². The van der Waals surface area contributed by atoms with Crippen LogP contribution in [0.5, 0.6) is 0 Å². The Hall–Kier alpha value is -4.76. The van der Waals surface area contributed by atoms with E-state index in [1.54, 1.807) is 85.8 Å². The van der Waals surface area contributed by atoms with E-state index in [9.17, 15) is 19.2 Å². The number of esters is 4. The largest absolute Gasteiger partial charge is 0.452 e. The van der Waals surface area contributed by atoms with Gasteiger partial charge in [-0.05, 0) is 43.3 Å². The summed E-state index contributed by atoms with van der Waals surface area (Å²) in [6, 6.07) is 24.4. The van der Waals surface area contributed by atoms with E-state index in [0.29, 0.717) is 0 Å². The number of hydrogen-bond acceptors (Lipinski definition) is 9. The standard InChI is InChI=1S/C30H26O9/c1-2-12-24(31)37-30-26(39-29(34)22-17-10-5-11-18-22)25(38-28(33)21-15-8-4-9-16-21)23(19-35-30)36-27(32)20-13-6-3-7-14-20/h2-18,23,25-26,30H,19H2,1H3/b12-2+/t23-,25+,26-,30-/m1/s1. The van der Waals surface area contributed by atoms with E-state index in [2.05, 4.69) is 0 Å². The highest BCUT2D eigenvalue weighted by molar-refractivity contribution is 5.91. The Labute approximate surface area is 224 Å². The Bertz CT molecular complexity index is 1310. The van der Waals surface area contributed by atoms with Crippen LogP contribution in [0.1, 0.15) is 38.0 Å². The summed E-state index contributed by atoms with van der Waals surface area (Å²) in [5, 5.41) is 0. The van der Waals surface area contributed by atoms with Crippen LogP contribution < -0.4 is 0 Å². The molecule has 1 heterocycles. The number of hydrogen-bond donors (Lipinski definition) is 0. The van der Waals surface area contributed by atoms with Crippen molar-refractivity contribution in [2.45, 2.75) is 31.5 Å². The molecule has 9 nitrogen and oxygen atoms in total. The predicted molar refractivity (Wildman–Crippen MR) is 138 cm³/mol. The molecular formula is C30H26O9. The third-order valence-corrected chi connectivity index (χ3v) is 5.69. The van der Waals surface area contributed by atoms with Gasteiger partial charge in [0.15, 0.2) is 12.2 Å². The van der Waals surface area contributed by atoms with E-state index < -0.39 is 48.5 Å². The Morgan fingerprint density at radius 2 is 1.08 bits per heavy atom. The zero-order valence-electron chi connectivity index (χ0n) is 21.0. The zero-order chi connectivity index (χ0) is 27.6. The van der Waals surface area contributed by atoms with Gasteiger partial charge in [-0.15, -0.1) is 0 Å². The molecule has 0 aromatic heterocycles. The Balaban J connectivity index is 1.67. The Morgan fingerprint density at radius 1 is 0.641 bits per heavy atom. The maximum Gasteiger partial charge on any atom is 0.338 e. The van der Waals surface area contributed by atoms with Crippen LogP contribution in [0.2, 0.25) is 0 Å². The summed E-state index contributed by atoms with van der Waals surface area (Å²) in [6.45, 7) is 1.32. The molecule has 39 heavy (non-hydrogen) atoms. The molecule has 200 valence electrons. The van der Waals surface area contributed by atoms with Crippen molar-refractivity contribution in [3.8, 4) is 0 Å². The smallest absolute Gasteiger partial charge is 0.338 e. The van der Waals surface area contributed by atoms with Crippen LogP contribution in [0.3, 0.4) is 0 Å². The van der Waals surface area contributed by atoms with Crippen molar-refractivity contribution in [1.82, 2.24) is 0 Å². The lowest BCUT2D eigenvalue weighted by Crippen LogP contribution is -2.58. The van der Waals surface area contributed by atoms with Crippen LogP contribution in [0.4, 0.5) is 0 Å². The third kappa shape index (κ3) is 7.18. The molecule has 1 fully saturated rings. The number of rotatable bonds is 8. The van der Waals surface area contributed by atoms with Gasteiger partial charge in [0.25, 0.3) is 0 Å². The van der Waals surface area contributed by atoms with E-state index in [4.69, 9.17) is 23.7 Å². The van der Waals surface area contributed by atoms with Crippen molar-refractivity contribution in [2.24, 2.45) is 0 Å². The number of benzene rings is 3. The molecule has 0 saturated carbocycles. The number of ether oxygens (including phenoxy) is 5. The molecule has 0 spiro atoms. The van der Waals surface area contributed by atoms with Gasteiger partial charge in [0.1, 0.15) is 0 Å². The van der Waals surface area contributed by atoms with Crippen molar-refractivity contribution < 1.29 is 42.9 Å². The first-order valence-electron chi connectivity index (χ1n) is 12.2. The molecule has 1 aliphatic rings. The lowest BCUT2D eigenvalue weighted by atomic mass is 10.0. The number of carbonyl (C=O) groups is 4. The van der Waals surface area contributed by atoms with Crippen molar-refractivity contribution in [3.63, 3.8) is 0 Å². The molecule has 0 N–H and O–H groups in total.